The van der Waals surface area contributed by atoms with Gasteiger partial charge < -0.3 is 4.57 Å². The molecule has 1 aromatic carbocycles. The van der Waals surface area contributed by atoms with Crippen LogP contribution in [0.15, 0.2) is 30.6 Å². The second kappa shape index (κ2) is 5.29. The van der Waals surface area contributed by atoms with Gasteiger partial charge in [-0.05, 0) is 24.6 Å². The van der Waals surface area contributed by atoms with Crippen molar-refractivity contribution < 1.29 is 13.2 Å². The molecule has 0 aliphatic rings. The van der Waals surface area contributed by atoms with E-state index in [1.165, 1.54) is 23.0 Å². The van der Waals surface area contributed by atoms with Gasteiger partial charge >= 0.3 is 6.18 Å². The predicted molar refractivity (Wildman–Crippen MR) is 66.9 cm³/mol. The number of hydrogen-bond acceptors (Lipinski definition) is 3. The molecule has 0 amide bonds. The molecule has 21 heavy (non-hydrogen) atoms. The molecule has 1 aromatic heterocycles. The van der Waals surface area contributed by atoms with Crippen molar-refractivity contribution in [2.75, 3.05) is 0 Å². The minimum atomic E-state index is -4.43. The fourth-order valence-electron chi connectivity index (χ4n) is 1.98. The normalized spacial score (nSPS) is 12.5. The van der Waals surface area contributed by atoms with Gasteiger partial charge in [0.15, 0.2) is 11.4 Å². The van der Waals surface area contributed by atoms with Crippen molar-refractivity contribution in [2.24, 2.45) is 0 Å². The summed E-state index contributed by atoms with van der Waals surface area (Å²) in [7, 11) is 0. The Hall–Kier alpha value is -2.80. The number of halogens is 3. The van der Waals surface area contributed by atoms with Crippen LogP contribution < -0.4 is 0 Å². The zero-order valence-electron chi connectivity index (χ0n) is 10.9. The average Bonchev–Trinajstić information content (AvgIpc) is 2.88. The van der Waals surface area contributed by atoms with Crippen LogP contribution in [0.1, 0.15) is 35.5 Å². The molecule has 7 heteroatoms. The van der Waals surface area contributed by atoms with Gasteiger partial charge in [0, 0.05) is 0 Å². The number of hydrogen-bond donors (Lipinski definition) is 0. The average molecular weight is 290 g/mol. The maximum Gasteiger partial charge on any atom is 0.416 e. The standard InChI is InChI=1S/C14H9F3N4/c1-9(21-8-20-12(6-18)13(21)7-19)10-3-2-4-11(5-10)14(15,16)17/h2-5,8-9H,1H3. The third-order valence-corrected chi connectivity index (χ3v) is 3.12. The summed E-state index contributed by atoms with van der Waals surface area (Å²) in [5.74, 6) is 0. The lowest BCUT2D eigenvalue weighted by atomic mass is 10.0. The van der Waals surface area contributed by atoms with Crippen molar-refractivity contribution in [3.63, 3.8) is 0 Å². The summed E-state index contributed by atoms with van der Waals surface area (Å²) >= 11 is 0. The molecule has 0 bridgehead atoms. The Morgan fingerprint density at radius 1 is 1.24 bits per heavy atom. The first-order valence-electron chi connectivity index (χ1n) is 5.92. The van der Waals surface area contributed by atoms with Crippen molar-refractivity contribution in [3.8, 4) is 12.1 Å². The highest BCUT2D eigenvalue weighted by Crippen LogP contribution is 2.31. The fourth-order valence-corrected chi connectivity index (χ4v) is 1.98. The number of alkyl halides is 3. The maximum atomic E-state index is 12.7. The summed E-state index contributed by atoms with van der Waals surface area (Å²) in [5.41, 5.74) is -0.395. The number of rotatable bonds is 2. The van der Waals surface area contributed by atoms with E-state index < -0.39 is 17.8 Å². The largest absolute Gasteiger partial charge is 0.416 e. The zero-order valence-corrected chi connectivity index (χ0v) is 10.9. The van der Waals surface area contributed by atoms with Crippen LogP contribution >= 0.6 is 0 Å². The third kappa shape index (κ3) is 2.72. The summed E-state index contributed by atoms with van der Waals surface area (Å²) in [6.45, 7) is 1.64. The zero-order chi connectivity index (χ0) is 15.6. The lowest BCUT2D eigenvalue weighted by Gasteiger charge is -2.16. The molecule has 0 N–H and O–H groups in total. The van der Waals surface area contributed by atoms with E-state index in [9.17, 15) is 13.2 Å². The molecule has 2 rings (SSSR count). The minimum absolute atomic E-state index is 0.0300. The molecule has 0 aliphatic carbocycles. The molecule has 0 saturated carbocycles. The first-order chi connectivity index (χ1) is 9.88. The number of imidazole rings is 1. The van der Waals surface area contributed by atoms with E-state index in [0.29, 0.717) is 5.56 Å². The number of nitrogens with zero attached hydrogens (tertiary/aromatic N) is 4. The van der Waals surface area contributed by atoms with Crippen LogP contribution in [-0.2, 0) is 6.18 Å². The Kier molecular flexibility index (Phi) is 3.68. The Balaban J connectivity index is 2.47. The van der Waals surface area contributed by atoms with Gasteiger partial charge in [-0.3, -0.25) is 0 Å². The van der Waals surface area contributed by atoms with E-state index in [4.69, 9.17) is 10.5 Å². The molecule has 2 aromatic rings. The van der Waals surface area contributed by atoms with Crippen LogP contribution in [0.5, 0.6) is 0 Å². The predicted octanol–water partition coefficient (Wildman–Crippen LogP) is 3.25. The molecule has 0 aliphatic heterocycles. The molecule has 0 spiro atoms. The summed E-state index contributed by atoms with van der Waals surface area (Å²) in [5, 5.41) is 17.9. The van der Waals surface area contributed by atoms with Crippen LogP contribution in [0.25, 0.3) is 0 Å². The van der Waals surface area contributed by atoms with Crippen molar-refractivity contribution in [3.05, 3.63) is 53.1 Å². The first-order valence-corrected chi connectivity index (χ1v) is 5.92. The molecule has 0 fully saturated rings. The van der Waals surface area contributed by atoms with Crippen LogP contribution in [0, 0.1) is 22.7 Å². The third-order valence-electron chi connectivity index (χ3n) is 3.12. The van der Waals surface area contributed by atoms with Crippen molar-refractivity contribution in [1.82, 2.24) is 9.55 Å². The lowest BCUT2D eigenvalue weighted by molar-refractivity contribution is -0.137. The number of benzene rings is 1. The fraction of sp³-hybridized carbons (Fsp3) is 0.214. The van der Waals surface area contributed by atoms with Gasteiger partial charge in [-0.25, -0.2) is 4.98 Å². The highest BCUT2D eigenvalue weighted by molar-refractivity contribution is 5.38. The molecular weight excluding hydrogens is 281 g/mol. The van der Waals surface area contributed by atoms with E-state index in [1.54, 1.807) is 13.0 Å². The summed E-state index contributed by atoms with van der Waals surface area (Å²) < 4.78 is 39.6. The van der Waals surface area contributed by atoms with E-state index in [2.05, 4.69) is 4.98 Å². The van der Waals surface area contributed by atoms with Gasteiger partial charge in [-0.15, -0.1) is 0 Å². The van der Waals surface area contributed by atoms with Gasteiger partial charge in [0.1, 0.15) is 12.1 Å². The Labute approximate surface area is 118 Å². The van der Waals surface area contributed by atoms with Gasteiger partial charge in [0.05, 0.1) is 17.9 Å². The number of nitriles is 2. The van der Waals surface area contributed by atoms with Crippen molar-refractivity contribution >= 4 is 0 Å². The molecular formula is C14H9F3N4. The molecule has 0 radical (unpaired) electrons. The molecule has 1 unspecified atom stereocenters. The van der Waals surface area contributed by atoms with Crippen molar-refractivity contribution in [2.45, 2.75) is 19.1 Å². The second-order valence-corrected chi connectivity index (χ2v) is 4.37. The van der Waals surface area contributed by atoms with Crippen LogP contribution in [0.2, 0.25) is 0 Å². The van der Waals surface area contributed by atoms with E-state index in [-0.39, 0.29) is 11.4 Å². The van der Waals surface area contributed by atoms with Crippen LogP contribution in [0.4, 0.5) is 13.2 Å². The van der Waals surface area contributed by atoms with E-state index >= 15 is 0 Å². The lowest BCUT2D eigenvalue weighted by Crippen LogP contribution is -2.11. The van der Waals surface area contributed by atoms with Crippen LogP contribution in [0.3, 0.4) is 0 Å². The maximum absolute atomic E-state index is 12.7. The molecule has 1 atom stereocenters. The second-order valence-electron chi connectivity index (χ2n) is 4.37. The minimum Gasteiger partial charge on any atom is -0.314 e. The topological polar surface area (TPSA) is 65.4 Å². The van der Waals surface area contributed by atoms with Crippen molar-refractivity contribution in [1.29, 1.82) is 10.5 Å². The molecule has 1 heterocycles. The van der Waals surface area contributed by atoms with E-state index in [0.717, 1.165) is 12.1 Å². The summed E-state index contributed by atoms with van der Waals surface area (Å²) in [4.78, 5) is 3.78. The highest BCUT2D eigenvalue weighted by atomic mass is 19.4. The quantitative estimate of drug-likeness (QED) is 0.852. The molecule has 0 saturated heterocycles. The van der Waals surface area contributed by atoms with Crippen LogP contribution in [-0.4, -0.2) is 9.55 Å². The smallest absolute Gasteiger partial charge is 0.314 e. The Morgan fingerprint density at radius 2 is 1.95 bits per heavy atom. The number of aromatic nitrogens is 2. The SMILES string of the molecule is CC(c1cccc(C(F)(F)F)c1)n1cnc(C#N)c1C#N. The van der Waals surface area contributed by atoms with E-state index in [1.807, 2.05) is 6.07 Å². The van der Waals surface area contributed by atoms with Gasteiger partial charge in [0.2, 0.25) is 0 Å². The highest BCUT2D eigenvalue weighted by Gasteiger charge is 2.31. The molecule has 106 valence electrons. The Morgan fingerprint density at radius 3 is 2.52 bits per heavy atom. The van der Waals surface area contributed by atoms with Gasteiger partial charge in [0.25, 0.3) is 0 Å². The summed E-state index contributed by atoms with van der Waals surface area (Å²) in [6.07, 6.45) is -3.15. The van der Waals surface area contributed by atoms with Gasteiger partial charge in [-0.2, -0.15) is 23.7 Å². The van der Waals surface area contributed by atoms with Gasteiger partial charge in [-0.1, -0.05) is 12.1 Å². The monoisotopic (exact) mass is 290 g/mol. The first kappa shape index (κ1) is 14.6. The Bertz CT molecular complexity index is 747. The molecule has 4 nitrogen and oxygen atoms in total. The summed E-state index contributed by atoms with van der Waals surface area (Å²) in [6, 6.07) is 7.93.